The molecular weight excluding hydrogens is 443 g/mol. The van der Waals surface area contributed by atoms with Crippen molar-refractivity contribution in [3.05, 3.63) is 0 Å². The van der Waals surface area contributed by atoms with Crippen LogP contribution in [0.3, 0.4) is 0 Å². The third kappa shape index (κ3) is 9.19. The maximum absolute atomic E-state index is 10.8. The molecule has 7 heteroatoms. The number of nitrogens with one attached hydrogen (secondary N) is 2. The minimum Gasteiger partial charge on any atom is -0.388 e. The second kappa shape index (κ2) is 14.0. The fraction of sp³-hybridized carbons (Fsp3) is 0.947. The zero-order valence-corrected chi connectivity index (χ0v) is 19.7. The first-order valence-electron chi connectivity index (χ1n) is 10.0. The Hall–Kier alpha value is -0.120. The van der Waals surface area contributed by atoms with Gasteiger partial charge in [-0.25, -0.2) is 0 Å². The van der Waals surface area contributed by atoms with Gasteiger partial charge in [0, 0.05) is 31.7 Å². The average molecular weight is 484 g/mol. The van der Waals surface area contributed by atoms with Gasteiger partial charge in [0.1, 0.15) is 0 Å². The lowest BCUT2D eigenvalue weighted by Crippen LogP contribution is -2.53. The molecule has 1 saturated heterocycles. The summed E-state index contributed by atoms with van der Waals surface area (Å²) < 4.78 is 5.52. The molecule has 0 aromatic carbocycles. The van der Waals surface area contributed by atoms with Crippen molar-refractivity contribution in [3.8, 4) is 0 Å². The molecule has 2 atom stereocenters. The van der Waals surface area contributed by atoms with Crippen LogP contribution >= 0.6 is 24.0 Å². The van der Waals surface area contributed by atoms with Crippen molar-refractivity contribution in [2.24, 2.45) is 4.99 Å². The molecule has 0 amide bonds. The molecule has 2 unspecified atom stereocenters. The predicted octanol–water partition coefficient (Wildman–Crippen LogP) is 2.60. The van der Waals surface area contributed by atoms with Crippen LogP contribution in [-0.4, -0.2) is 73.0 Å². The maximum Gasteiger partial charge on any atom is 0.191 e. The third-order valence-corrected chi connectivity index (χ3v) is 4.86. The Balaban J connectivity index is 0.00000625. The highest BCUT2D eigenvalue weighted by atomic mass is 127. The Morgan fingerprint density at radius 2 is 1.92 bits per heavy atom. The summed E-state index contributed by atoms with van der Waals surface area (Å²) in [7, 11) is 0. The van der Waals surface area contributed by atoms with Crippen molar-refractivity contribution in [3.63, 3.8) is 0 Å². The van der Waals surface area contributed by atoms with E-state index in [1.54, 1.807) is 0 Å². The van der Waals surface area contributed by atoms with Crippen molar-refractivity contribution < 1.29 is 9.84 Å². The number of guanidine groups is 1. The van der Waals surface area contributed by atoms with Crippen LogP contribution in [0.15, 0.2) is 4.99 Å². The highest BCUT2D eigenvalue weighted by Gasteiger charge is 2.25. The van der Waals surface area contributed by atoms with Crippen molar-refractivity contribution in [1.29, 1.82) is 0 Å². The number of ether oxygens (including phenoxy) is 1. The minimum atomic E-state index is -0.684. The molecule has 0 spiro atoms. The molecule has 0 saturated carbocycles. The monoisotopic (exact) mass is 484 g/mol. The predicted molar refractivity (Wildman–Crippen MR) is 121 cm³/mol. The van der Waals surface area contributed by atoms with E-state index in [4.69, 9.17) is 4.74 Å². The van der Waals surface area contributed by atoms with Gasteiger partial charge in [0.15, 0.2) is 5.96 Å². The van der Waals surface area contributed by atoms with E-state index in [1.165, 1.54) is 0 Å². The van der Waals surface area contributed by atoms with Crippen LogP contribution in [0.2, 0.25) is 0 Å². The number of nitrogens with zero attached hydrogens (tertiary/aromatic N) is 2. The summed E-state index contributed by atoms with van der Waals surface area (Å²) in [6, 6.07) is 0.859. The van der Waals surface area contributed by atoms with Gasteiger partial charge in [-0.05, 0) is 33.6 Å². The van der Waals surface area contributed by atoms with Gasteiger partial charge >= 0.3 is 0 Å². The summed E-state index contributed by atoms with van der Waals surface area (Å²) in [6.45, 7) is 15.4. The normalized spacial score (nSPS) is 20.4. The van der Waals surface area contributed by atoms with E-state index in [0.717, 1.165) is 64.5 Å². The van der Waals surface area contributed by atoms with Crippen LogP contribution in [0.4, 0.5) is 0 Å². The topological polar surface area (TPSA) is 69.1 Å². The standard InChI is InChI=1S/C19H40N4O2.HI/c1-6-9-19(24,10-7-2)15-22-18(20-8-3)21-13-16(4)23-11-12-25-14-17(23)5;/h16-17,24H,6-15H2,1-5H3,(H2,20,21,22);1H. The van der Waals surface area contributed by atoms with Crippen molar-refractivity contribution >= 4 is 29.9 Å². The lowest BCUT2D eigenvalue weighted by molar-refractivity contribution is -0.0174. The van der Waals surface area contributed by atoms with E-state index in [2.05, 4.69) is 55.1 Å². The van der Waals surface area contributed by atoms with Crippen LogP contribution in [0, 0.1) is 0 Å². The number of aliphatic hydroxyl groups is 1. The first kappa shape index (κ1) is 25.9. The van der Waals surface area contributed by atoms with Gasteiger partial charge < -0.3 is 20.5 Å². The van der Waals surface area contributed by atoms with Crippen LogP contribution in [0.25, 0.3) is 0 Å². The molecular formula is C19H41IN4O2. The number of halogens is 1. The number of rotatable bonds is 10. The van der Waals surface area contributed by atoms with E-state index in [-0.39, 0.29) is 24.0 Å². The third-order valence-electron chi connectivity index (χ3n) is 4.86. The Kier molecular flexibility index (Phi) is 13.9. The van der Waals surface area contributed by atoms with E-state index in [9.17, 15) is 5.11 Å². The zero-order chi connectivity index (χ0) is 18.7. The molecule has 26 heavy (non-hydrogen) atoms. The molecule has 0 aromatic rings. The van der Waals surface area contributed by atoms with E-state index < -0.39 is 5.60 Å². The number of hydrogen-bond donors (Lipinski definition) is 3. The van der Waals surface area contributed by atoms with Crippen molar-refractivity contribution in [2.45, 2.75) is 78.0 Å². The lowest BCUT2D eigenvalue weighted by atomic mass is 9.93. The second-order valence-electron chi connectivity index (χ2n) is 7.31. The van der Waals surface area contributed by atoms with Gasteiger partial charge in [0.05, 0.1) is 25.4 Å². The molecule has 156 valence electrons. The van der Waals surface area contributed by atoms with Gasteiger partial charge in [-0.3, -0.25) is 9.89 Å². The quantitative estimate of drug-likeness (QED) is 0.253. The van der Waals surface area contributed by atoms with Gasteiger partial charge in [0.25, 0.3) is 0 Å². The second-order valence-corrected chi connectivity index (χ2v) is 7.31. The first-order valence-corrected chi connectivity index (χ1v) is 10.0. The van der Waals surface area contributed by atoms with Gasteiger partial charge in [0.2, 0.25) is 0 Å². The summed E-state index contributed by atoms with van der Waals surface area (Å²) in [4.78, 5) is 7.14. The summed E-state index contributed by atoms with van der Waals surface area (Å²) in [6.07, 6.45) is 3.54. The Labute approximate surface area is 177 Å². The summed E-state index contributed by atoms with van der Waals surface area (Å²) in [5.74, 6) is 0.792. The summed E-state index contributed by atoms with van der Waals surface area (Å²) in [5.41, 5.74) is -0.684. The molecule has 0 aliphatic carbocycles. The van der Waals surface area contributed by atoms with Crippen LogP contribution in [0.1, 0.15) is 60.3 Å². The molecule has 0 aromatic heterocycles. The minimum absolute atomic E-state index is 0. The Bertz CT molecular complexity index is 390. The fourth-order valence-corrected chi connectivity index (χ4v) is 3.54. The first-order chi connectivity index (χ1) is 12.0. The molecule has 1 rings (SSSR count). The average Bonchev–Trinajstić information content (AvgIpc) is 2.58. The zero-order valence-electron chi connectivity index (χ0n) is 17.4. The number of hydrogen-bond acceptors (Lipinski definition) is 4. The van der Waals surface area contributed by atoms with Crippen LogP contribution in [0.5, 0.6) is 0 Å². The van der Waals surface area contributed by atoms with Crippen LogP contribution < -0.4 is 10.6 Å². The maximum atomic E-state index is 10.8. The van der Waals surface area contributed by atoms with Crippen molar-refractivity contribution in [1.82, 2.24) is 15.5 Å². The van der Waals surface area contributed by atoms with Gasteiger partial charge in [-0.2, -0.15) is 0 Å². The fourth-order valence-electron chi connectivity index (χ4n) is 3.54. The highest BCUT2D eigenvalue weighted by Crippen LogP contribution is 2.19. The molecule has 1 aliphatic rings. The lowest BCUT2D eigenvalue weighted by Gasteiger charge is -2.38. The summed E-state index contributed by atoms with van der Waals surface area (Å²) >= 11 is 0. The smallest absolute Gasteiger partial charge is 0.191 e. The van der Waals surface area contributed by atoms with E-state index in [1.807, 2.05) is 0 Å². The highest BCUT2D eigenvalue weighted by molar-refractivity contribution is 14.0. The Morgan fingerprint density at radius 3 is 2.46 bits per heavy atom. The van der Waals surface area contributed by atoms with Crippen LogP contribution in [-0.2, 0) is 4.74 Å². The van der Waals surface area contributed by atoms with Crippen molar-refractivity contribution in [2.75, 3.05) is 39.4 Å². The summed E-state index contributed by atoms with van der Waals surface area (Å²) in [5, 5.41) is 17.5. The molecule has 3 N–H and O–H groups in total. The molecule has 6 nitrogen and oxygen atoms in total. The molecule has 1 aliphatic heterocycles. The van der Waals surface area contributed by atoms with E-state index >= 15 is 0 Å². The van der Waals surface area contributed by atoms with Gasteiger partial charge in [-0.15, -0.1) is 24.0 Å². The SMILES string of the molecule is CCCC(O)(CCC)CN=C(NCC)NCC(C)N1CCOCC1C.I. The molecule has 1 heterocycles. The van der Waals surface area contributed by atoms with Gasteiger partial charge in [-0.1, -0.05) is 26.7 Å². The Morgan fingerprint density at radius 1 is 1.27 bits per heavy atom. The molecule has 0 bridgehead atoms. The molecule has 1 fully saturated rings. The largest absolute Gasteiger partial charge is 0.388 e. The number of aliphatic imine (C=N–C) groups is 1. The van der Waals surface area contributed by atoms with E-state index in [0.29, 0.717) is 18.6 Å². The molecule has 0 radical (unpaired) electrons. The number of morpholine rings is 1.